The van der Waals surface area contributed by atoms with E-state index in [9.17, 15) is 0 Å². The molecule has 122 valence electrons. The molecule has 1 saturated heterocycles. The molecular weight excluding hydrogens is 272 g/mol. The predicted molar refractivity (Wildman–Crippen MR) is 91.0 cm³/mol. The average molecular weight is 302 g/mol. The summed E-state index contributed by atoms with van der Waals surface area (Å²) in [5, 5.41) is 3.70. The summed E-state index contributed by atoms with van der Waals surface area (Å²) in [6, 6.07) is 11.5. The minimum atomic E-state index is 0.563. The van der Waals surface area contributed by atoms with Crippen molar-refractivity contribution < 1.29 is 4.74 Å². The van der Waals surface area contributed by atoms with Gasteiger partial charge in [0.1, 0.15) is 0 Å². The Labute approximate surface area is 135 Å². The van der Waals surface area contributed by atoms with E-state index in [0.29, 0.717) is 12.1 Å². The van der Waals surface area contributed by atoms with Crippen LogP contribution in [0.15, 0.2) is 30.3 Å². The van der Waals surface area contributed by atoms with Gasteiger partial charge in [0.2, 0.25) is 0 Å². The van der Waals surface area contributed by atoms with Crippen LogP contribution in [0.2, 0.25) is 0 Å². The van der Waals surface area contributed by atoms with Crippen LogP contribution in [0.1, 0.15) is 44.1 Å². The van der Waals surface area contributed by atoms with Crippen LogP contribution in [0.5, 0.6) is 0 Å². The maximum atomic E-state index is 5.92. The quantitative estimate of drug-likeness (QED) is 0.746. The van der Waals surface area contributed by atoms with Gasteiger partial charge >= 0.3 is 0 Å². The summed E-state index contributed by atoms with van der Waals surface area (Å²) in [5.74, 6) is 0. The molecule has 22 heavy (non-hydrogen) atoms. The van der Waals surface area contributed by atoms with Gasteiger partial charge in [-0.15, -0.1) is 0 Å². The molecule has 3 rings (SSSR count). The molecule has 0 amide bonds. The molecule has 1 atom stereocenters. The van der Waals surface area contributed by atoms with Crippen molar-refractivity contribution in [2.45, 2.75) is 57.2 Å². The standard InChI is InChI=1S/C19H30N2O/c1-2-7-17(8-3-1)15-21-13-11-18(16-21)20-12-6-14-22-19-9-4-5-10-19/h1-3,7-8,18-20H,4-6,9-16H2/t18-/m0/s1. The first-order valence-electron chi connectivity index (χ1n) is 9.01. The van der Waals surface area contributed by atoms with Crippen molar-refractivity contribution in [1.29, 1.82) is 0 Å². The molecular formula is C19H30N2O. The zero-order valence-electron chi connectivity index (χ0n) is 13.7. The third kappa shape index (κ3) is 5.08. The van der Waals surface area contributed by atoms with Crippen molar-refractivity contribution >= 4 is 0 Å². The molecule has 3 heteroatoms. The summed E-state index contributed by atoms with van der Waals surface area (Å²) in [5.41, 5.74) is 1.42. The fourth-order valence-corrected chi connectivity index (χ4v) is 3.67. The summed E-state index contributed by atoms with van der Waals surface area (Å²) < 4.78 is 5.92. The Bertz CT molecular complexity index is 417. The second-order valence-electron chi connectivity index (χ2n) is 6.79. The van der Waals surface area contributed by atoms with Crippen molar-refractivity contribution in [2.24, 2.45) is 0 Å². The van der Waals surface area contributed by atoms with Crippen LogP contribution >= 0.6 is 0 Å². The highest BCUT2D eigenvalue weighted by Crippen LogP contribution is 2.20. The van der Waals surface area contributed by atoms with Gasteiger partial charge in [0.15, 0.2) is 0 Å². The van der Waals surface area contributed by atoms with E-state index in [1.807, 2.05) is 0 Å². The van der Waals surface area contributed by atoms with Gasteiger partial charge in [-0.05, 0) is 37.8 Å². The molecule has 1 heterocycles. The molecule has 1 aromatic carbocycles. The lowest BCUT2D eigenvalue weighted by atomic mass is 10.2. The average Bonchev–Trinajstić information content (AvgIpc) is 3.20. The molecule has 0 bridgehead atoms. The Kier molecular flexibility index (Phi) is 6.29. The molecule has 1 aliphatic carbocycles. The van der Waals surface area contributed by atoms with Crippen LogP contribution < -0.4 is 5.32 Å². The van der Waals surface area contributed by atoms with Crippen LogP contribution in [0.4, 0.5) is 0 Å². The topological polar surface area (TPSA) is 24.5 Å². The van der Waals surface area contributed by atoms with Gasteiger partial charge in [-0.25, -0.2) is 0 Å². The monoisotopic (exact) mass is 302 g/mol. The van der Waals surface area contributed by atoms with E-state index in [2.05, 4.69) is 40.5 Å². The van der Waals surface area contributed by atoms with Gasteiger partial charge < -0.3 is 10.1 Å². The Morgan fingerprint density at radius 1 is 1.09 bits per heavy atom. The number of ether oxygens (including phenoxy) is 1. The number of benzene rings is 1. The van der Waals surface area contributed by atoms with Gasteiger partial charge in [0.25, 0.3) is 0 Å². The number of hydrogen-bond acceptors (Lipinski definition) is 3. The van der Waals surface area contributed by atoms with Crippen LogP contribution in [0.3, 0.4) is 0 Å². The molecule has 1 aromatic rings. The molecule has 1 aliphatic heterocycles. The third-order valence-electron chi connectivity index (χ3n) is 4.93. The Hall–Kier alpha value is -0.900. The summed E-state index contributed by atoms with van der Waals surface area (Å²) in [6.07, 6.45) is 8.27. The van der Waals surface area contributed by atoms with Gasteiger partial charge in [-0.2, -0.15) is 0 Å². The molecule has 1 N–H and O–H groups in total. The highest BCUT2D eigenvalue weighted by molar-refractivity contribution is 5.14. The highest BCUT2D eigenvalue weighted by atomic mass is 16.5. The van der Waals surface area contributed by atoms with E-state index < -0.39 is 0 Å². The Morgan fingerprint density at radius 2 is 1.91 bits per heavy atom. The summed E-state index contributed by atoms with van der Waals surface area (Å²) in [4.78, 5) is 2.56. The highest BCUT2D eigenvalue weighted by Gasteiger charge is 2.21. The first-order valence-corrected chi connectivity index (χ1v) is 9.01. The SMILES string of the molecule is c1ccc(CN2CC[C@H](NCCCOC3CCCC3)C2)cc1. The van der Waals surface area contributed by atoms with Gasteiger partial charge in [0.05, 0.1) is 6.10 Å². The van der Waals surface area contributed by atoms with E-state index in [-0.39, 0.29) is 0 Å². The van der Waals surface area contributed by atoms with Crippen molar-refractivity contribution in [3.05, 3.63) is 35.9 Å². The fraction of sp³-hybridized carbons (Fsp3) is 0.684. The number of hydrogen-bond donors (Lipinski definition) is 1. The van der Waals surface area contributed by atoms with E-state index >= 15 is 0 Å². The smallest absolute Gasteiger partial charge is 0.0575 e. The lowest BCUT2D eigenvalue weighted by molar-refractivity contribution is 0.0566. The molecule has 0 spiro atoms. The zero-order chi connectivity index (χ0) is 15.0. The summed E-state index contributed by atoms with van der Waals surface area (Å²) in [6.45, 7) is 5.50. The molecule has 0 radical (unpaired) electrons. The number of nitrogens with one attached hydrogen (secondary N) is 1. The molecule has 2 fully saturated rings. The van der Waals surface area contributed by atoms with Crippen LogP contribution in [-0.4, -0.2) is 43.3 Å². The first kappa shape index (κ1) is 16.0. The number of nitrogens with zero attached hydrogens (tertiary/aromatic N) is 1. The van der Waals surface area contributed by atoms with Crippen molar-refractivity contribution in [2.75, 3.05) is 26.2 Å². The second-order valence-corrected chi connectivity index (χ2v) is 6.79. The van der Waals surface area contributed by atoms with Crippen molar-refractivity contribution in [3.63, 3.8) is 0 Å². The van der Waals surface area contributed by atoms with Gasteiger partial charge in [-0.1, -0.05) is 43.2 Å². The largest absolute Gasteiger partial charge is 0.378 e. The van der Waals surface area contributed by atoms with Crippen LogP contribution in [0, 0.1) is 0 Å². The van der Waals surface area contributed by atoms with E-state index in [1.54, 1.807) is 0 Å². The lowest BCUT2D eigenvalue weighted by Crippen LogP contribution is -2.33. The second kappa shape index (κ2) is 8.66. The minimum Gasteiger partial charge on any atom is -0.378 e. The predicted octanol–water partition coefficient (Wildman–Crippen LogP) is 3.20. The Balaban J connectivity index is 1.25. The third-order valence-corrected chi connectivity index (χ3v) is 4.93. The van der Waals surface area contributed by atoms with Crippen molar-refractivity contribution in [3.8, 4) is 0 Å². The van der Waals surface area contributed by atoms with Gasteiger partial charge in [-0.3, -0.25) is 4.90 Å². The van der Waals surface area contributed by atoms with Crippen LogP contribution in [-0.2, 0) is 11.3 Å². The molecule has 0 aromatic heterocycles. The maximum absolute atomic E-state index is 5.92. The number of rotatable bonds is 8. The molecule has 0 unspecified atom stereocenters. The lowest BCUT2D eigenvalue weighted by Gasteiger charge is -2.17. The first-order chi connectivity index (χ1) is 10.9. The Morgan fingerprint density at radius 3 is 2.73 bits per heavy atom. The van der Waals surface area contributed by atoms with Gasteiger partial charge in [0, 0.05) is 32.3 Å². The molecule has 2 aliphatic rings. The minimum absolute atomic E-state index is 0.563. The summed E-state index contributed by atoms with van der Waals surface area (Å²) in [7, 11) is 0. The summed E-state index contributed by atoms with van der Waals surface area (Å²) >= 11 is 0. The van der Waals surface area contributed by atoms with Crippen molar-refractivity contribution in [1.82, 2.24) is 10.2 Å². The normalized spacial score (nSPS) is 23.4. The van der Waals surface area contributed by atoms with Crippen LogP contribution in [0.25, 0.3) is 0 Å². The molecule has 1 saturated carbocycles. The van der Waals surface area contributed by atoms with E-state index in [1.165, 1.54) is 50.8 Å². The number of likely N-dealkylation sites (tertiary alicyclic amines) is 1. The zero-order valence-corrected chi connectivity index (χ0v) is 13.7. The maximum Gasteiger partial charge on any atom is 0.0575 e. The fourth-order valence-electron chi connectivity index (χ4n) is 3.67. The van der Waals surface area contributed by atoms with E-state index in [4.69, 9.17) is 4.74 Å². The molecule has 3 nitrogen and oxygen atoms in total. The van der Waals surface area contributed by atoms with E-state index in [0.717, 1.165) is 26.1 Å².